The molecule has 0 fully saturated rings. The van der Waals surface area contributed by atoms with Crippen LogP contribution in [0.25, 0.3) is 0 Å². The van der Waals surface area contributed by atoms with E-state index in [1.807, 2.05) is 43.6 Å². The van der Waals surface area contributed by atoms with E-state index in [0.717, 1.165) is 47.0 Å². The number of nitrogens with zero attached hydrogens (tertiary/aromatic N) is 2. The molecule has 2 aromatic rings. The molecule has 0 atom stereocenters. The van der Waals surface area contributed by atoms with Gasteiger partial charge in [-0.05, 0) is 32.4 Å². The number of ether oxygens (including phenoxy) is 2. The zero-order chi connectivity index (χ0) is 18.6. The number of guanidine groups is 1. The summed E-state index contributed by atoms with van der Waals surface area (Å²) in [6.45, 7) is 6.16. The van der Waals surface area contributed by atoms with Gasteiger partial charge >= 0.3 is 0 Å². The standard InChI is InChI=1S/C18H26N4O2S2.HI/c1-4-19-17(20-9-6-11-25-18-21-10-12-26-18)22-14-7-8-15(24-5-2)16(13-14)23-3;/h7-8,10,12-13H,4-6,9,11H2,1-3H3,(H2,19,20,22);1H. The molecule has 0 saturated heterocycles. The smallest absolute Gasteiger partial charge is 0.195 e. The summed E-state index contributed by atoms with van der Waals surface area (Å²) in [7, 11) is 1.64. The molecule has 150 valence electrons. The topological polar surface area (TPSA) is 67.8 Å². The van der Waals surface area contributed by atoms with Crippen LogP contribution in [-0.2, 0) is 0 Å². The van der Waals surface area contributed by atoms with Gasteiger partial charge in [-0.2, -0.15) is 0 Å². The lowest BCUT2D eigenvalue weighted by molar-refractivity contribution is 0.311. The van der Waals surface area contributed by atoms with Crippen molar-refractivity contribution < 1.29 is 9.47 Å². The van der Waals surface area contributed by atoms with Crippen molar-refractivity contribution in [1.29, 1.82) is 0 Å². The van der Waals surface area contributed by atoms with Crippen LogP contribution >= 0.6 is 47.1 Å². The van der Waals surface area contributed by atoms with Gasteiger partial charge in [-0.25, -0.2) is 4.98 Å². The average Bonchev–Trinajstić information content (AvgIpc) is 3.16. The van der Waals surface area contributed by atoms with Crippen molar-refractivity contribution in [3.8, 4) is 11.5 Å². The Morgan fingerprint density at radius 3 is 2.81 bits per heavy atom. The van der Waals surface area contributed by atoms with Crippen molar-refractivity contribution in [2.24, 2.45) is 4.99 Å². The summed E-state index contributed by atoms with van der Waals surface area (Å²) in [4.78, 5) is 8.90. The summed E-state index contributed by atoms with van der Waals surface area (Å²) in [5.41, 5.74) is 0.905. The van der Waals surface area contributed by atoms with Crippen molar-refractivity contribution in [2.75, 3.05) is 37.9 Å². The van der Waals surface area contributed by atoms with Crippen molar-refractivity contribution in [3.63, 3.8) is 0 Å². The fourth-order valence-electron chi connectivity index (χ4n) is 2.16. The van der Waals surface area contributed by atoms with E-state index in [1.54, 1.807) is 30.2 Å². The van der Waals surface area contributed by atoms with Crippen LogP contribution in [0.5, 0.6) is 11.5 Å². The highest BCUT2D eigenvalue weighted by Crippen LogP contribution is 2.30. The van der Waals surface area contributed by atoms with Gasteiger partial charge in [-0.1, -0.05) is 11.8 Å². The molecule has 0 aliphatic rings. The van der Waals surface area contributed by atoms with Gasteiger partial charge in [0.15, 0.2) is 17.5 Å². The Bertz CT molecular complexity index is 684. The number of hydrogen-bond donors (Lipinski definition) is 2. The Kier molecular flexibility index (Phi) is 12.3. The maximum absolute atomic E-state index is 5.55. The Balaban J connectivity index is 0.00000364. The molecule has 0 bridgehead atoms. The minimum Gasteiger partial charge on any atom is -0.493 e. The second kappa shape index (κ2) is 13.9. The second-order valence-corrected chi connectivity index (χ2v) is 7.42. The Labute approximate surface area is 186 Å². The Morgan fingerprint density at radius 2 is 2.15 bits per heavy atom. The minimum atomic E-state index is 0. The van der Waals surface area contributed by atoms with Gasteiger partial charge in [-0.3, -0.25) is 4.99 Å². The van der Waals surface area contributed by atoms with Crippen LogP contribution in [0.4, 0.5) is 5.69 Å². The number of aromatic nitrogens is 1. The van der Waals surface area contributed by atoms with Gasteiger partial charge < -0.3 is 20.1 Å². The normalized spacial score (nSPS) is 10.9. The summed E-state index contributed by atoms with van der Waals surface area (Å²) >= 11 is 3.45. The first-order valence-electron chi connectivity index (χ1n) is 8.65. The van der Waals surface area contributed by atoms with Crippen LogP contribution < -0.4 is 20.1 Å². The molecule has 0 aliphatic carbocycles. The highest BCUT2D eigenvalue weighted by Gasteiger charge is 2.07. The maximum atomic E-state index is 5.55. The third kappa shape index (κ3) is 8.56. The SMILES string of the molecule is CCNC(=NCCCSc1nccs1)Nc1ccc(OCC)c(OC)c1.I. The van der Waals surface area contributed by atoms with E-state index in [2.05, 4.69) is 20.6 Å². The Morgan fingerprint density at radius 1 is 1.30 bits per heavy atom. The molecule has 0 unspecified atom stereocenters. The fourth-order valence-corrected chi connectivity index (χ4v) is 3.79. The fraction of sp³-hybridized carbons (Fsp3) is 0.444. The molecule has 1 heterocycles. The van der Waals surface area contributed by atoms with Gasteiger partial charge in [0.25, 0.3) is 0 Å². The number of methoxy groups -OCH3 is 1. The van der Waals surface area contributed by atoms with E-state index in [0.29, 0.717) is 12.4 Å². The molecule has 6 nitrogen and oxygen atoms in total. The number of hydrogen-bond acceptors (Lipinski definition) is 6. The van der Waals surface area contributed by atoms with Crippen molar-refractivity contribution in [3.05, 3.63) is 29.8 Å². The lowest BCUT2D eigenvalue weighted by Gasteiger charge is -2.14. The Hall–Kier alpha value is -1.20. The molecule has 0 aliphatic heterocycles. The number of nitrogens with one attached hydrogen (secondary N) is 2. The zero-order valence-electron chi connectivity index (χ0n) is 15.9. The van der Waals surface area contributed by atoms with Crippen LogP contribution in [0.2, 0.25) is 0 Å². The van der Waals surface area contributed by atoms with Crippen molar-refractivity contribution in [1.82, 2.24) is 10.3 Å². The first kappa shape index (κ1) is 23.8. The third-order valence-corrected chi connectivity index (χ3v) is 5.33. The molecular weight excluding hydrogens is 495 g/mol. The molecule has 27 heavy (non-hydrogen) atoms. The molecule has 2 N–H and O–H groups in total. The van der Waals surface area contributed by atoms with Gasteiger partial charge in [0, 0.05) is 42.2 Å². The molecule has 0 radical (unpaired) electrons. The molecular formula is C18H27IN4O2S2. The number of thioether (sulfide) groups is 1. The largest absolute Gasteiger partial charge is 0.493 e. The number of anilines is 1. The number of thiazole rings is 1. The van der Waals surface area contributed by atoms with Gasteiger partial charge in [-0.15, -0.1) is 35.3 Å². The van der Waals surface area contributed by atoms with Gasteiger partial charge in [0.05, 0.1) is 13.7 Å². The molecule has 9 heteroatoms. The molecule has 1 aromatic heterocycles. The van der Waals surface area contributed by atoms with Crippen LogP contribution in [-0.4, -0.2) is 43.5 Å². The van der Waals surface area contributed by atoms with E-state index >= 15 is 0 Å². The molecule has 1 aromatic carbocycles. The van der Waals surface area contributed by atoms with Crippen LogP contribution in [0.15, 0.2) is 39.1 Å². The van der Waals surface area contributed by atoms with Gasteiger partial charge in [0.2, 0.25) is 0 Å². The summed E-state index contributed by atoms with van der Waals surface area (Å²) < 4.78 is 12.1. The average molecular weight is 522 g/mol. The van der Waals surface area contributed by atoms with Gasteiger partial charge in [0.1, 0.15) is 4.34 Å². The molecule has 0 spiro atoms. The van der Waals surface area contributed by atoms with E-state index in [-0.39, 0.29) is 24.0 Å². The maximum Gasteiger partial charge on any atom is 0.195 e. The van der Waals surface area contributed by atoms with Crippen LogP contribution in [0, 0.1) is 0 Å². The minimum absolute atomic E-state index is 0. The van der Waals surface area contributed by atoms with Crippen molar-refractivity contribution in [2.45, 2.75) is 24.6 Å². The number of rotatable bonds is 10. The molecule has 2 rings (SSSR count). The second-order valence-electron chi connectivity index (χ2n) is 5.18. The summed E-state index contributed by atoms with van der Waals surface area (Å²) in [5, 5.41) is 8.58. The highest BCUT2D eigenvalue weighted by molar-refractivity contribution is 14.0. The molecule has 0 saturated carbocycles. The van der Waals surface area contributed by atoms with Crippen LogP contribution in [0.1, 0.15) is 20.3 Å². The summed E-state index contributed by atoms with van der Waals surface area (Å²) in [6.07, 6.45) is 2.83. The van der Waals surface area contributed by atoms with E-state index in [9.17, 15) is 0 Å². The summed E-state index contributed by atoms with van der Waals surface area (Å²) in [5.74, 6) is 3.21. The predicted octanol–water partition coefficient (Wildman–Crippen LogP) is 4.73. The zero-order valence-corrected chi connectivity index (χ0v) is 19.8. The van der Waals surface area contributed by atoms with E-state index in [4.69, 9.17) is 9.47 Å². The highest BCUT2D eigenvalue weighted by atomic mass is 127. The number of aliphatic imine (C=N–C) groups is 1. The number of halogens is 1. The van der Waals surface area contributed by atoms with E-state index in [1.165, 1.54) is 0 Å². The predicted molar refractivity (Wildman–Crippen MR) is 127 cm³/mol. The summed E-state index contributed by atoms with van der Waals surface area (Å²) in [6, 6.07) is 5.77. The third-order valence-electron chi connectivity index (χ3n) is 3.28. The van der Waals surface area contributed by atoms with E-state index < -0.39 is 0 Å². The monoisotopic (exact) mass is 522 g/mol. The van der Waals surface area contributed by atoms with Crippen molar-refractivity contribution >= 4 is 58.7 Å². The van der Waals surface area contributed by atoms with Crippen LogP contribution in [0.3, 0.4) is 0 Å². The first-order chi connectivity index (χ1) is 12.8. The lowest BCUT2D eigenvalue weighted by Crippen LogP contribution is -2.30. The number of benzene rings is 1. The molecule has 0 amide bonds. The quantitative estimate of drug-likeness (QED) is 0.155. The lowest BCUT2D eigenvalue weighted by atomic mass is 10.2. The first-order valence-corrected chi connectivity index (χ1v) is 10.5.